The SMILES string of the molecule is Cc1cccc(C(=O)Nc2cc(Cl)cc(Oc3cncc(-c4cc(Br)cc(C(=O)Nc5cccc(Oc6cncc(F)c6)c5)c4)c3)c2)n1. The molecule has 0 saturated heterocycles. The molecule has 0 saturated carbocycles. The summed E-state index contributed by atoms with van der Waals surface area (Å²) < 4.78 is 25.9. The van der Waals surface area contributed by atoms with E-state index in [1.165, 1.54) is 12.3 Å². The van der Waals surface area contributed by atoms with Crippen LogP contribution in [0.25, 0.3) is 11.1 Å². The Morgan fingerprint density at radius 2 is 1.44 bits per heavy atom. The predicted molar refractivity (Wildman–Crippen MR) is 184 cm³/mol. The second-order valence-electron chi connectivity index (χ2n) is 10.5. The fourth-order valence-corrected chi connectivity index (χ4v) is 5.36. The van der Waals surface area contributed by atoms with E-state index in [1.807, 2.05) is 6.07 Å². The second kappa shape index (κ2) is 14.4. The Morgan fingerprint density at radius 3 is 2.25 bits per heavy atom. The Kier molecular flexibility index (Phi) is 9.70. The van der Waals surface area contributed by atoms with E-state index >= 15 is 0 Å². The molecule has 3 aromatic carbocycles. The molecule has 6 rings (SSSR count). The third-order valence-electron chi connectivity index (χ3n) is 6.70. The molecule has 3 heterocycles. The van der Waals surface area contributed by atoms with Crippen LogP contribution in [0.1, 0.15) is 26.5 Å². The summed E-state index contributed by atoms with van der Waals surface area (Å²) in [6.07, 6.45) is 5.67. The largest absolute Gasteiger partial charge is 0.456 e. The Bertz CT molecular complexity index is 2170. The number of pyridine rings is 3. The van der Waals surface area contributed by atoms with E-state index in [0.717, 1.165) is 11.9 Å². The molecule has 0 aliphatic carbocycles. The van der Waals surface area contributed by atoms with Crippen LogP contribution in [0.2, 0.25) is 5.02 Å². The lowest BCUT2D eigenvalue weighted by Gasteiger charge is -2.12. The highest BCUT2D eigenvalue weighted by atomic mass is 79.9. The number of rotatable bonds is 9. The summed E-state index contributed by atoms with van der Waals surface area (Å²) in [5.74, 6) is 0.144. The van der Waals surface area contributed by atoms with Crippen molar-refractivity contribution in [3.63, 3.8) is 0 Å². The molecule has 2 amide bonds. The van der Waals surface area contributed by atoms with Gasteiger partial charge in [-0.25, -0.2) is 9.37 Å². The molecular formula is C36H24BrClFN5O4. The van der Waals surface area contributed by atoms with E-state index < -0.39 is 5.82 Å². The normalized spacial score (nSPS) is 10.7. The van der Waals surface area contributed by atoms with Gasteiger partial charge in [0.2, 0.25) is 0 Å². The Labute approximate surface area is 287 Å². The number of halogens is 3. The van der Waals surface area contributed by atoms with E-state index in [0.29, 0.717) is 54.8 Å². The molecule has 3 aromatic heterocycles. The number of amides is 2. The van der Waals surface area contributed by atoms with Crippen molar-refractivity contribution >= 4 is 50.7 Å². The van der Waals surface area contributed by atoms with Crippen LogP contribution >= 0.6 is 27.5 Å². The number of nitrogens with one attached hydrogen (secondary N) is 2. The fourth-order valence-electron chi connectivity index (χ4n) is 4.64. The molecule has 0 unspecified atom stereocenters. The highest BCUT2D eigenvalue weighted by Gasteiger charge is 2.13. The van der Waals surface area contributed by atoms with Crippen molar-refractivity contribution in [2.24, 2.45) is 0 Å². The summed E-state index contributed by atoms with van der Waals surface area (Å²) in [6.45, 7) is 1.81. The summed E-state index contributed by atoms with van der Waals surface area (Å²) in [6, 6.07) is 25.0. The van der Waals surface area contributed by atoms with Gasteiger partial charge in [0, 0.05) is 62.1 Å². The zero-order chi connectivity index (χ0) is 33.6. The molecule has 0 aliphatic heterocycles. The smallest absolute Gasteiger partial charge is 0.274 e. The third kappa shape index (κ3) is 8.38. The van der Waals surface area contributed by atoms with Crippen LogP contribution in [-0.2, 0) is 0 Å². The number of nitrogens with zero attached hydrogens (tertiary/aromatic N) is 3. The van der Waals surface area contributed by atoms with Crippen molar-refractivity contribution in [2.75, 3.05) is 10.6 Å². The molecule has 0 spiro atoms. The van der Waals surface area contributed by atoms with Gasteiger partial charge in [-0.3, -0.25) is 19.6 Å². The number of aryl methyl sites for hydroxylation is 1. The molecule has 0 radical (unpaired) electrons. The molecule has 0 atom stereocenters. The van der Waals surface area contributed by atoms with E-state index in [4.69, 9.17) is 21.1 Å². The third-order valence-corrected chi connectivity index (χ3v) is 7.38. The minimum absolute atomic E-state index is 0.230. The van der Waals surface area contributed by atoms with E-state index in [-0.39, 0.29) is 23.3 Å². The number of aromatic nitrogens is 3. The average Bonchev–Trinajstić information content (AvgIpc) is 3.04. The van der Waals surface area contributed by atoms with Gasteiger partial charge in [-0.05, 0) is 73.2 Å². The van der Waals surface area contributed by atoms with E-state index in [9.17, 15) is 14.0 Å². The molecular weight excluding hydrogens is 701 g/mol. The second-order valence-corrected chi connectivity index (χ2v) is 11.8. The molecule has 6 aromatic rings. The lowest BCUT2D eigenvalue weighted by Crippen LogP contribution is -2.14. The van der Waals surface area contributed by atoms with Gasteiger partial charge in [-0.15, -0.1) is 0 Å². The molecule has 9 nitrogen and oxygen atoms in total. The first-order valence-corrected chi connectivity index (χ1v) is 15.5. The average molecular weight is 725 g/mol. The van der Waals surface area contributed by atoms with Gasteiger partial charge in [-0.2, -0.15) is 0 Å². The molecule has 0 bridgehead atoms. The van der Waals surface area contributed by atoms with Gasteiger partial charge in [0.05, 0.1) is 18.6 Å². The highest BCUT2D eigenvalue weighted by molar-refractivity contribution is 9.10. The monoisotopic (exact) mass is 723 g/mol. The van der Waals surface area contributed by atoms with Crippen molar-refractivity contribution in [1.29, 1.82) is 0 Å². The lowest BCUT2D eigenvalue weighted by molar-refractivity contribution is 0.101. The zero-order valence-electron chi connectivity index (χ0n) is 25.1. The van der Waals surface area contributed by atoms with Gasteiger partial charge in [-0.1, -0.05) is 39.7 Å². The quantitative estimate of drug-likeness (QED) is 0.153. The minimum Gasteiger partial charge on any atom is -0.456 e. The van der Waals surface area contributed by atoms with Crippen LogP contribution < -0.4 is 20.1 Å². The molecule has 12 heteroatoms. The maximum absolute atomic E-state index is 13.5. The van der Waals surface area contributed by atoms with Crippen molar-refractivity contribution in [1.82, 2.24) is 15.0 Å². The van der Waals surface area contributed by atoms with Crippen molar-refractivity contribution in [3.8, 4) is 34.1 Å². The zero-order valence-corrected chi connectivity index (χ0v) is 27.4. The van der Waals surface area contributed by atoms with E-state index in [1.54, 1.807) is 98.2 Å². The lowest BCUT2D eigenvalue weighted by atomic mass is 10.0. The van der Waals surface area contributed by atoms with Gasteiger partial charge in [0.1, 0.15) is 34.5 Å². The van der Waals surface area contributed by atoms with Crippen LogP contribution in [0.5, 0.6) is 23.0 Å². The van der Waals surface area contributed by atoms with Gasteiger partial charge < -0.3 is 20.1 Å². The standard InChI is InChI=1S/C36H24BrClFN5O4/c1-21-4-2-7-34(42-21)36(46)44-29-12-26(38)13-31(16-29)48-32-11-24(17-40-19-32)22-8-23(10-25(37)9-22)35(45)43-28-5-3-6-30(15-28)47-33-14-27(39)18-41-20-33/h2-20H,1H3,(H,43,45)(H,44,46). The van der Waals surface area contributed by atoms with Crippen LogP contribution in [0.15, 0.2) is 120 Å². The number of carbonyl (C=O) groups is 2. The molecule has 0 aliphatic rings. The number of anilines is 2. The minimum atomic E-state index is -0.522. The van der Waals surface area contributed by atoms with Crippen LogP contribution in [0.4, 0.5) is 15.8 Å². The van der Waals surface area contributed by atoms with Crippen molar-refractivity contribution < 1.29 is 23.5 Å². The first kappa shape index (κ1) is 32.3. The number of hydrogen-bond donors (Lipinski definition) is 2. The number of benzene rings is 3. The Balaban J connectivity index is 1.17. The maximum atomic E-state index is 13.5. The number of ether oxygens (including phenoxy) is 2. The van der Waals surface area contributed by atoms with Crippen molar-refractivity contribution in [3.05, 3.63) is 148 Å². The summed E-state index contributed by atoms with van der Waals surface area (Å²) in [5.41, 5.74) is 3.67. The van der Waals surface area contributed by atoms with Gasteiger partial charge in [0.25, 0.3) is 11.8 Å². The van der Waals surface area contributed by atoms with Crippen LogP contribution in [0.3, 0.4) is 0 Å². The highest BCUT2D eigenvalue weighted by Crippen LogP contribution is 2.32. The number of carbonyl (C=O) groups excluding carboxylic acids is 2. The van der Waals surface area contributed by atoms with Crippen LogP contribution in [-0.4, -0.2) is 26.8 Å². The van der Waals surface area contributed by atoms with Crippen molar-refractivity contribution in [2.45, 2.75) is 6.92 Å². The Morgan fingerprint density at radius 1 is 0.708 bits per heavy atom. The van der Waals surface area contributed by atoms with Crippen LogP contribution in [0, 0.1) is 12.7 Å². The topological polar surface area (TPSA) is 115 Å². The molecule has 48 heavy (non-hydrogen) atoms. The summed E-state index contributed by atoms with van der Waals surface area (Å²) >= 11 is 9.85. The summed E-state index contributed by atoms with van der Waals surface area (Å²) in [4.78, 5) is 38.4. The number of hydrogen-bond acceptors (Lipinski definition) is 7. The van der Waals surface area contributed by atoms with E-state index in [2.05, 4.69) is 41.5 Å². The molecule has 0 fully saturated rings. The fraction of sp³-hybridized carbons (Fsp3) is 0.0278. The first-order chi connectivity index (χ1) is 23.2. The predicted octanol–water partition coefficient (Wildman–Crippen LogP) is 9.49. The summed E-state index contributed by atoms with van der Waals surface area (Å²) in [5, 5.41) is 6.02. The van der Waals surface area contributed by atoms with Gasteiger partial charge >= 0.3 is 0 Å². The maximum Gasteiger partial charge on any atom is 0.274 e. The molecule has 238 valence electrons. The first-order valence-electron chi connectivity index (χ1n) is 14.4. The summed E-state index contributed by atoms with van der Waals surface area (Å²) in [7, 11) is 0. The van der Waals surface area contributed by atoms with Gasteiger partial charge in [0.15, 0.2) is 0 Å². The molecule has 2 N–H and O–H groups in total. The Hall–Kier alpha value is -5.65.